The maximum atomic E-state index is 11.3. The zero-order valence-electron chi connectivity index (χ0n) is 13.1. The van der Waals surface area contributed by atoms with Crippen LogP contribution in [-0.4, -0.2) is 35.4 Å². The third-order valence-corrected chi connectivity index (χ3v) is 2.89. The van der Waals surface area contributed by atoms with Gasteiger partial charge in [0.2, 0.25) is 11.9 Å². The first kappa shape index (κ1) is 18.6. The lowest BCUT2D eigenvalue weighted by molar-refractivity contribution is -0.119. The second kappa shape index (κ2) is 8.27. The third-order valence-electron chi connectivity index (χ3n) is 2.89. The Bertz CT molecular complexity index is 693. The van der Waals surface area contributed by atoms with Gasteiger partial charge in [-0.1, -0.05) is 6.92 Å². The number of hydrogen-bond acceptors (Lipinski definition) is 5. The SMILES string of the molecule is CC[C@@H](N=C(N)N=C(Nc1ccc(N)cc1)C(=N)C(N)=O)C(N)=O. The van der Waals surface area contributed by atoms with E-state index in [0.29, 0.717) is 17.8 Å². The number of aliphatic imine (C=N–C) groups is 2. The van der Waals surface area contributed by atoms with E-state index in [1.807, 2.05) is 0 Å². The topological polar surface area (TPSA) is 199 Å². The van der Waals surface area contributed by atoms with E-state index in [9.17, 15) is 9.59 Å². The van der Waals surface area contributed by atoms with Crippen molar-refractivity contribution in [3.63, 3.8) is 0 Å². The molecule has 0 spiro atoms. The number of carbonyl (C=O) groups is 2. The second-order valence-electron chi connectivity index (χ2n) is 4.76. The molecule has 128 valence electrons. The lowest BCUT2D eigenvalue weighted by Gasteiger charge is -2.10. The van der Waals surface area contributed by atoms with Crippen LogP contribution >= 0.6 is 0 Å². The Balaban J connectivity index is 3.15. The molecule has 0 saturated carbocycles. The number of primary amides is 2. The summed E-state index contributed by atoms with van der Waals surface area (Å²) in [7, 11) is 0. The fourth-order valence-electron chi connectivity index (χ4n) is 1.63. The molecule has 24 heavy (non-hydrogen) atoms. The molecule has 10 heteroatoms. The summed E-state index contributed by atoms with van der Waals surface area (Å²) in [5, 5.41) is 10.4. The average Bonchev–Trinajstić information content (AvgIpc) is 2.52. The van der Waals surface area contributed by atoms with E-state index in [1.165, 1.54) is 0 Å². The Kier molecular flexibility index (Phi) is 6.41. The van der Waals surface area contributed by atoms with Gasteiger partial charge in [0, 0.05) is 11.4 Å². The highest BCUT2D eigenvalue weighted by Gasteiger charge is 2.16. The number of carbonyl (C=O) groups excluding carboxylic acids is 2. The van der Waals surface area contributed by atoms with Gasteiger partial charge in [-0.2, -0.15) is 4.99 Å². The van der Waals surface area contributed by atoms with E-state index < -0.39 is 23.6 Å². The van der Waals surface area contributed by atoms with Gasteiger partial charge in [-0.3, -0.25) is 15.0 Å². The zero-order valence-corrected chi connectivity index (χ0v) is 13.1. The predicted octanol–water partition coefficient (Wildman–Crippen LogP) is -0.837. The molecule has 1 aromatic carbocycles. The van der Waals surface area contributed by atoms with Gasteiger partial charge in [0.25, 0.3) is 5.91 Å². The first-order chi connectivity index (χ1) is 11.2. The standard InChI is InChI=1S/C14H20N8O2/c1-2-9(11(17)23)21-14(19)22-13(10(16)12(18)24)20-8-5-3-7(15)4-6-8/h3-6,9,16H,2,15H2,1H3,(H2,17,23)(H2,18,24)(H3,19,20,21,22)/t9-/m1/s1. The van der Waals surface area contributed by atoms with Crippen molar-refractivity contribution in [2.45, 2.75) is 19.4 Å². The smallest absolute Gasteiger partial charge is 0.270 e. The number of rotatable bonds is 6. The summed E-state index contributed by atoms with van der Waals surface area (Å²) in [4.78, 5) is 30.1. The van der Waals surface area contributed by atoms with Gasteiger partial charge < -0.3 is 28.3 Å². The van der Waals surface area contributed by atoms with Crippen LogP contribution in [-0.2, 0) is 9.59 Å². The maximum Gasteiger partial charge on any atom is 0.270 e. The molecule has 0 bridgehead atoms. The molecule has 0 radical (unpaired) electrons. The van der Waals surface area contributed by atoms with Crippen LogP contribution in [0.4, 0.5) is 11.4 Å². The van der Waals surface area contributed by atoms with Gasteiger partial charge in [0.1, 0.15) is 6.04 Å². The van der Waals surface area contributed by atoms with Gasteiger partial charge in [0.05, 0.1) is 0 Å². The summed E-state index contributed by atoms with van der Waals surface area (Å²) >= 11 is 0. The molecule has 2 amide bonds. The number of benzene rings is 1. The van der Waals surface area contributed by atoms with Crippen molar-refractivity contribution in [1.82, 2.24) is 0 Å². The van der Waals surface area contributed by atoms with Crippen molar-refractivity contribution in [1.29, 1.82) is 5.41 Å². The highest BCUT2D eigenvalue weighted by molar-refractivity contribution is 6.67. The summed E-state index contributed by atoms with van der Waals surface area (Å²) in [5.74, 6) is -2.20. The molecule has 0 saturated heterocycles. The molecule has 10 N–H and O–H groups in total. The Hall–Kier alpha value is -3.43. The van der Waals surface area contributed by atoms with Gasteiger partial charge >= 0.3 is 0 Å². The third kappa shape index (κ3) is 5.40. The molecule has 0 heterocycles. The van der Waals surface area contributed by atoms with Crippen LogP contribution in [0.5, 0.6) is 0 Å². The number of amidine groups is 1. The van der Waals surface area contributed by atoms with Crippen molar-refractivity contribution in [3.05, 3.63) is 24.3 Å². The number of nitrogens with zero attached hydrogens (tertiary/aromatic N) is 2. The molecular weight excluding hydrogens is 312 g/mol. The molecule has 0 fully saturated rings. The highest BCUT2D eigenvalue weighted by Crippen LogP contribution is 2.10. The number of hydrogen-bond donors (Lipinski definition) is 6. The lowest BCUT2D eigenvalue weighted by Crippen LogP contribution is -2.36. The van der Waals surface area contributed by atoms with Crippen molar-refractivity contribution in [2.75, 3.05) is 11.1 Å². The van der Waals surface area contributed by atoms with Crippen molar-refractivity contribution >= 4 is 40.7 Å². The predicted molar refractivity (Wildman–Crippen MR) is 93.7 cm³/mol. The maximum absolute atomic E-state index is 11.3. The fourth-order valence-corrected chi connectivity index (χ4v) is 1.63. The minimum absolute atomic E-state index is 0.215. The Morgan fingerprint density at radius 2 is 1.79 bits per heavy atom. The van der Waals surface area contributed by atoms with E-state index in [-0.39, 0.29) is 11.8 Å². The fraction of sp³-hybridized carbons (Fsp3) is 0.214. The van der Waals surface area contributed by atoms with Gasteiger partial charge in [0.15, 0.2) is 11.5 Å². The van der Waals surface area contributed by atoms with Crippen LogP contribution in [0.1, 0.15) is 13.3 Å². The zero-order chi connectivity index (χ0) is 18.3. The quantitative estimate of drug-likeness (QED) is 0.224. The number of nitrogens with one attached hydrogen (secondary N) is 2. The molecule has 0 aliphatic heterocycles. The Morgan fingerprint density at radius 3 is 2.25 bits per heavy atom. The summed E-state index contributed by atoms with van der Waals surface area (Å²) in [6.07, 6.45) is 0.333. The summed E-state index contributed by atoms with van der Waals surface area (Å²) in [6.45, 7) is 1.70. The number of nitrogen functional groups attached to an aromatic ring is 1. The van der Waals surface area contributed by atoms with Gasteiger partial charge in [-0.25, -0.2) is 4.99 Å². The molecular formula is C14H20N8O2. The Morgan fingerprint density at radius 1 is 1.21 bits per heavy atom. The van der Waals surface area contributed by atoms with Crippen LogP contribution in [0, 0.1) is 5.41 Å². The first-order valence-corrected chi connectivity index (χ1v) is 6.97. The van der Waals surface area contributed by atoms with Crippen molar-refractivity contribution in [2.24, 2.45) is 27.2 Å². The molecule has 10 nitrogen and oxygen atoms in total. The minimum Gasteiger partial charge on any atom is -0.399 e. The van der Waals surface area contributed by atoms with E-state index in [0.717, 1.165) is 0 Å². The molecule has 1 rings (SSSR count). The normalized spacial score (nSPS) is 13.2. The molecule has 1 atom stereocenters. The van der Waals surface area contributed by atoms with Crippen LogP contribution in [0.15, 0.2) is 34.3 Å². The largest absolute Gasteiger partial charge is 0.399 e. The van der Waals surface area contributed by atoms with Crippen LogP contribution in [0.3, 0.4) is 0 Å². The monoisotopic (exact) mass is 332 g/mol. The molecule has 0 aliphatic carbocycles. The highest BCUT2D eigenvalue weighted by atomic mass is 16.1. The number of amides is 2. The van der Waals surface area contributed by atoms with Crippen molar-refractivity contribution in [3.8, 4) is 0 Å². The lowest BCUT2D eigenvalue weighted by atomic mass is 10.2. The number of guanidine groups is 1. The second-order valence-corrected chi connectivity index (χ2v) is 4.76. The summed E-state index contributed by atoms with van der Waals surface area (Å²) in [5.41, 5.74) is 22.0. The van der Waals surface area contributed by atoms with Crippen LogP contribution in [0.2, 0.25) is 0 Å². The first-order valence-electron chi connectivity index (χ1n) is 6.97. The summed E-state index contributed by atoms with van der Waals surface area (Å²) in [6, 6.07) is 5.61. The van der Waals surface area contributed by atoms with E-state index in [4.69, 9.17) is 28.3 Å². The molecule has 1 aromatic rings. The summed E-state index contributed by atoms with van der Waals surface area (Å²) < 4.78 is 0. The number of anilines is 2. The Labute approximate surface area is 138 Å². The average molecular weight is 332 g/mol. The van der Waals surface area contributed by atoms with Gasteiger partial charge in [-0.05, 0) is 30.7 Å². The van der Waals surface area contributed by atoms with Crippen LogP contribution in [0.25, 0.3) is 0 Å². The van der Waals surface area contributed by atoms with E-state index in [2.05, 4.69) is 15.3 Å². The van der Waals surface area contributed by atoms with E-state index >= 15 is 0 Å². The number of nitrogens with two attached hydrogens (primary N) is 4. The van der Waals surface area contributed by atoms with Crippen LogP contribution < -0.4 is 28.3 Å². The van der Waals surface area contributed by atoms with E-state index in [1.54, 1.807) is 31.2 Å². The molecule has 0 aliphatic rings. The minimum atomic E-state index is -1.01. The van der Waals surface area contributed by atoms with Gasteiger partial charge in [-0.15, -0.1) is 0 Å². The molecule has 0 unspecified atom stereocenters. The molecule has 0 aromatic heterocycles. The van der Waals surface area contributed by atoms with Crippen molar-refractivity contribution < 1.29 is 9.59 Å².